The van der Waals surface area contributed by atoms with Crippen LogP contribution >= 0.6 is 0 Å². The number of unbranched alkanes of at least 4 members (excludes halogenated alkanes) is 1. The van der Waals surface area contributed by atoms with Gasteiger partial charge in [-0.3, -0.25) is 19.2 Å². The molecule has 0 aliphatic rings. The third-order valence-electron chi connectivity index (χ3n) is 3.13. The Morgan fingerprint density at radius 1 is 0.960 bits per heavy atom. The molecule has 25 heavy (non-hydrogen) atoms. The van der Waals surface area contributed by atoms with Gasteiger partial charge in [-0.25, -0.2) is 0 Å². The van der Waals surface area contributed by atoms with Crippen LogP contribution in [0.25, 0.3) is 0 Å². The van der Waals surface area contributed by atoms with Crippen LogP contribution in [-0.4, -0.2) is 67.1 Å². The molecule has 144 valence electrons. The first-order valence-electron chi connectivity index (χ1n) is 8.25. The lowest BCUT2D eigenvalue weighted by Crippen LogP contribution is -2.50. The van der Waals surface area contributed by atoms with Crippen LogP contribution in [0.1, 0.15) is 33.1 Å². The van der Waals surface area contributed by atoms with Gasteiger partial charge in [-0.05, 0) is 25.8 Å². The molecule has 3 amide bonds. The Morgan fingerprint density at radius 2 is 1.64 bits per heavy atom. The third kappa shape index (κ3) is 12.8. The van der Waals surface area contributed by atoms with Gasteiger partial charge < -0.3 is 32.1 Å². The lowest BCUT2D eigenvalue weighted by atomic mass is 10.1. The predicted molar refractivity (Wildman–Crippen MR) is 91.6 cm³/mol. The molecule has 0 radical (unpaired) electrons. The molecule has 0 aliphatic heterocycles. The SMILES string of the molecule is CC(C)NCC(=O)NCC(=O)NC(CCCCN)C(=O)NCC(=O)O. The van der Waals surface area contributed by atoms with E-state index in [2.05, 4.69) is 21.3 Å². The van der Waals surface area contributed by atoms with Gasteiger partial charge >= 0.3 is 5.97 Å². The van der Waals surface area contributed by atoms with E-state index in [1.54, 1.807) is 0 Å². The van der Waals surface area contributed by atoms with E-state index in [0.717, 1.165) is 0 Å². The van der Waals surface area contributed by atoms with Crippen molar-refractivity contribution in [3.63, 3.8) is 0 Å². The first-order chi connectivity index (χ1) is 11.8. The van der Waals surface area contributed by atoms with Crippen LogP contribution in [0.3, 0.4) is 0 Å². The molecule has 0 fully saturated rings. The van der Waals surface area contributed by atoms with E-state index in [1.807, 2.05) is 13.8 Å². The Balaban J connectivity index is 4.40. The largest absolute Gasteiger partial charge is 0.480 e. The molecule has 0 aromatic heterocycles. The molecule has 10 nitrogen and oxygen atoms in total. The zero-order chi connectivity index (χ0) is 19.2. The van der Waals surface area contributed by atoms with Crippen LogP contribution < -0.4 is 27.0 Å². The standard InChI is InChI=1S/C15H29N5O5/c1-10(2)17-7-12(21)18-8-13(22)20-11(5-3-4-6-16)15(25)19-9-14(23)24/h10-11,17H,3-9,16H2,1-2H3,(H,18,21)(H,19,25)(H,20,22)(H,23,24). The second kappa shape index (κ2) is 13.1. The monoisotopic (exact) mass is 359 g/mol. The van der Waals surface area contributed by atoms with Gasteiger partial charge in [0.15, 0.2) is 0 Å². The van der Waals surface area contributed by atoms with Crippen molar-refractivity contribution in [2.24, 2.45) is 5.73 Å². The van der Waals surface area contributed by atoms with Gasteiger partial charge in [0.25, 0.3) is 0 Å². The maximum absolute atomic E-state index is 12.0. The average Bonchev–Trinajstić information content (AvgIpc) is 2.55. The van der Waals surface area contributed by atoms with Crippen LogP contribution in [0.15, 0.2) is 0 Å². The average molecular weight is 359 g/mol. The fourth-order valence-corrected chi connectivity index (χ4v) is 1.83. The summed E-state index contributed by atoms with van der Waals surface area (Å²) in [5.41, 5.74) is 5.40. The molecule has 0 aromatic carbocycles. The number of carbonyl (C=O) groups is 4. The topological polar surface area (TPSA) is 163 Å². The van der Waals surface area contributed by atoms with E-state index in [1.165, 1.54) is 0 Å². The number of rotatable bonds is 13. The van der Waals surface area contributed by atoms with E-state index < -0.39 is 30.4 Å². The molecule has 0 bridgehead atoms. The van der Waals surface area contributed by atoms with Crippen molar-refractivity contribution in [1.82, 2.24) is 21.3 Å². The van der Waals surface area contributed by atoms with Gasteiger partial charge in [-0.15, -0.1) is 0 Å². The summed E-state index contributed by atoms with van der Waals surface area (Å²) < 4.78 is 0. The van der Waals surface area contributed by atoms with E-state index in [-0.39, 0.29) is 25.0 Å². The first kappa shape index (κ1) is 22.8. The van der Waals surface area contributed by atoms with Crippen LogP contribution in [0.2, 0.25) is 0 Å². The summed E-state index contributed by atoms with van der Waals surface area (Å²) in [6, 6.07) is -0.728. The smallest absolute Gasteiger partial charge is 0.322 e. The highest BCUT2D eigenvalue weighted by Gasteiger charge is 2.21. The Hall–Kier alpha value is -2.20. The van der Waals surface area contributed by atoms with Gasteiger partial charge in [-0.2, -0.15) is 0 Å². The zero-order valence-corrected chi connectivity index (χ0v) is 14.8. The number of hydrogen-bond donors (Lipinski definition) is 6. The summed E-state index contributed by atoms with van der Waals surface area (Å²) in [5, 5.41) is 18.7. The number of hydrogen-bond acceptors (Lipinski definition) is 6. The fourth-order valence-electron chi connectivity index (χ4n) is 1.83. The summed E-state index contributed by atoms with van der Waals surface area (Å²) >= 11 is 0. The lowest BCUT2D eigenvalue weighted by molar-refractivity contribution is -0.138. The molecule has 0 spiro atoms. The van der Waals surface area contributed by atoms with Gasteiger partial charge in [0.2, 0.25) is 17.7 Å². The first-order valence-corrected chi connectivity index (χ1v) is 8.25. The minimum absolute atomic E-state index is 0.0873. The molecule has 0 saturated carbocycles. The molecule has 1 unspecified atom stereocenters. The third-order valence-corrected chi connectivity index (χ3v) is 3.13. The second-order valence-corrected chi connectivity index (χ2v) is 5.83. The maximum atomic E-state index is 12.0. The van der Waals surface area contributed by atoms with E-state index >= 15 is 0 Å². The van der Waals surface area contributed by atoms with Crippen molar-refractivity contribution in [3.8, 4) is 0 Å². The normalized spacial score (nSPS) is 11.7. The fraction of sp³-hybridized carbons (Fsp3) is 0.733. The van der Waals surface area contributed by atoms with E-state index in [9.17, 15) is 19.2 Å². The molecule has 0 rings (SSSR count). The number of amides is 3. The van der Waals surface area contributed by atoms with Gasteiger partial charge in [0.1, 0.15) is 12.6 Å². The summed E-state index contributed by atoms with van der Waals surface area (Å²) in [4.78, 5) is 46.0. The van der Waals surface area contributed by atoms with Crippen molar-refractivity contribution in [2.45, 2.75) is 45.2 Å². The summed E-state index contributed by atoms with van der Waals surface area (Å²) in [5.74, 6) is -2.62. The van der Waals surface area contributed by atoms with Crippen molar-refractivity contribution >= 4 is 23.7 Å². The molecule has 0 heterocycles. The Labute approximate surface area is 147 Å². The molecular weight excluding hydrogens is 330 g/mol. The van der Waals surface area contributed by atoms with Crippen LogP contribution in [0.4, 0.5) is 0 Å². The number of carboxylic acid groups (broad SMARTS) is 1. The molecule has 10 heteroatoms. The number of carbonyl (C=O) groups excluding carboxylic acids is 3. The number of nitrogens with one attached hydrogen (secondary N) is 4. The highest BCUT2D eigenvalue weighted by Crippen LogP contribution is 2.01. The van der Waals surface area contributed by atoms with Crippen molar-refractivity contribution in [2.75, 3.05) is 26.2 Å². The molecule has 1 atom stereocenters. The van der Waals surface area contributed by atoms with E-state index in [0.29, 0.717) is 25.8 Å². The minimum Gasteiger partial charge on any atom is -0.480 e. The molecule has 0 aromatic rings. The van der Waals surface area contributed by atoms with Crippen LogP contribution in [-0.2, 0) is 19.2 Å². The molecule has 7 N–H and O–H groups in total. The Bertz CT molecular complexity index is 456. The van der Waals surface area contributed by atoms with Crippen molar-refractivity contribution in [1.29, 1.82) is 0 Å². The van der Waals surface area contributed by atoms with Gasteiger partial charge in [-0.1, -0.05) is 13.8 Å². The maximum Gasteiger partial charge on any atom is 0.322 e. The molecular formula is C15H29N5O5. The van der Waals surface area contributed by atoms with Gasteiger partial charge in [0, 0.05) is 6.04 Å². The number of aliphatic carboxylic acids is 1. The Morgan fingerprint density at radius 3 is 2.20 bits per heavy atom. The number of carboxylic acids is 1. The van der Waals surface area contributed by atoms with Gasteiger partial charge in [0.05, 0.1) is 13.1 Å². The van der Waals surface area contributed by atoms with Crippen LogP contribution in [0, 0.1) is 0 Å². The highest BCUT2D eigenvalue weighted by atomic mass is 16.4. The van der Waals surface area contributed by atoms with Crippen molar-refractivity contribution < 1.29 is 24.3 Å². The Kier molecular flexibility index (Phi) is 12.0. The molecule has 0 aliphatic carbocycles. The lowest BCUT2D eigenvalue weighted by Gasteiger charge is -2.18. The van der Waals surface area contributed by atoms with Crippen LogP contribution in [0.5, 0.6) is 0 Å². The summed E-state index contributed by atoms with van der Waals surface area (Å²) in [7, 11) is 0. The summed E-state index contributed by atoms with van der Waals surface area (Å²) in [6.45, 7) is 3.53. The quantitative estimate of drug-likeness (QED) is 0.205. The number of nitrogens with two attached hydrogens (primary N) is 1. The zero-order valence-electron chi connectivity index (χ0n) is 14.8. The van der Waals surface area contributed by atoms with E-state index in [4.69, 9.17) is 10.8 Å². The highest BCUT2D eigenvalue weighted by molar-refractivity contribution is 5.91. The predicted octanol–water partition coefficient (Wildman–Crippen LogP) is -2.08. The minimum atomic E-state index is -1.18. The van der Waals surface area contributed by atoms with Crippen molar-refractivity contribution in [3.05, 3.63) is 0 Å². The summed E-state index contributed by atoms with van der Waals surface area (Å²) in [6.07, 6.45) is 1.61. The second-order valence-electron chi connectivity index (χ2n) is 5.83. The molecule has 0 saturated heterocycles.